The predicted octanol–water partition coefficient (Wildman–Crippen LogP) is 3.31. The van der Waals surface area contributed by atoms with Gasteiger partial charge in [0.2, 0.25) is 0 Å². The van der Waals surface area contributed by atoms with E-state index in [0.29, 0.717) is 18.5 Å². The zero-order chi connectivity index (χ0) is 18.2. The summed E-state index contributed by atoms with van der Waals surface area (Å²) in [5.41, 5.74) is 2.25. The van der Waals surface area contributed by atoms with Crippen LogP contribution in [0, 0.1) is 0 Å². The van der Waals surface area contributed by atoms with Crippen LogP contribution in [0.4, 0.5) is 4.79 Å². The summed E-state index contributed by atoms with van der Waals surface area (Å²) in [4.78, 5) is 31.1. The third kappa shape index (κ3) is 3.43. The molecule has 0 unspecified atom stereocenters. The average molecular weight is 342 g/mol. The fraction of sp³-hybridized carbons (Fsp3) is 0.421. The second-order valence-electron chi connectivity index (χ2n) is 7.07. The lowest BCUT2D eigenvalue weighted by Gasteiger charge is -2.31. The smallest absolute Gasteiger partial charge is 0.410 e. The Morgan fingerprint density at radius 3 is 2.60 bits per heavy atom. The molecule has 3 rings (SSSR count). The molecule has 132 valence electrons. The fourth-order valence-corrected chi connectivity index (χ4v) is 3.01. The number of amides is 1. The number of benzene rings is 1. The minimum Gasteiger partial charge on any atom is -0.465 e. The first-order chi connectivity index (χ1) is 11.8. The Labute approximate surface area is 146 Å². The summed E-state index contributed by atoms with van der Waals surface area (Å²) in [5.74, 6) is -0.416. The molecule has 1 aromatic heterocycles. The van der Waals surface area contributed by atoms with E-state index >= 15 is 0 Å². The van der Waals surface area contributed by atoms with Gasteiger partial charge in [-0.3, -0.25) is 4.98 Å². The van der Waals surface area contributed by atoms with Crippen LogP contribution in [-0.4, -0.2) is 41.2 Å². The molecular formula is C19H22N2O4. The van der Waals surface area contributed by atoms with Crippen molar-refractivity contribution < 1.29 is 19.1 Å². The Morgan fingerprint density at radius 1 is 1.20 bits per heavy atom. The van der Waals surface area contributed by atoms with E-state index in [0.717, 1.165) is 22.2 Å². The molecule has 1 aliphatic rings. The maximum atomic E-state index is 12.4. The van der Waals surface area contributed by atoms with Gasteiger partial charge < -0.3 is 14.4 Å². The summed E-state index contributed by atoms with van der Waals surface area (Å²) in [5, 5.41) is 0.735. The minimum atomic E-state index is -0.565. The summed E-state index contributed by atoms with van der Waals surface area (Å²) in [6, 6.07) is 7.47. The Hall–Kier alpha value is -2.63. The number of nitrogens with zero attached hydrogens (tertiary/aromatic N) is 2. The highest BCUT2D eigenvalue weighted by molar-refractivity contribution is 6.05. The molecule has 1 aromatic carbocycles. The molecule has 1 amide bonds. The first-order valence-electron chi connectivity index (χ1n) is 8.27. The first-order valence-corrected chi connectivity index (χ1v) is 8.27. The van der Waals surface area contributed by atoms with Crippen LogP contribution in [0.1, 0.15) is 42.4 Å². The number of aromatic nitrogens is 1. The molecule has 2 heterocycles. The summed E-state index contributed by atoms with van der Waals surface area (Å²) in [7, 11) is 1.36. The van der Waals surface area contributed by atoms with Crippen LogP contribution in [0.15, 0.2) is 24.3 Å². The molecule has 2 aromatic rings. The fourth-order valence-electron chi connectivity index (χ4n) is 3.01. The molecule has 0 saturated carbocycles. The first kappa shape index (κ1) is 17.2. The highest BCUT2D eigenvalue weighted by Crippen LogP contribution is 2.29. The summed E-state index contributed by atoms with van der Waals surface area (Å²) in [6.45, 7) is 6.29. The van der Waals surface area contributed by atoms with Crippen molar-refractivity contribution in [3.8, 4) is 0 Å². The van der Waals surface area contributed by atoms with Crippen molar-refractivity contribution in [3.05, 3.63) is 41.1 Å². The van der Waals surface area contributed by atoms with E-state index in [4.69, 9.17) is 9.47 Å². The molecule has 25 heavy (non-hydrogen) atoms. The van der Waals surface area contributed by atoms with E-state index < -0.39 is 11.6 Å². The van der Waals surface area contributed by atoms with Crippen LogP contribution in [0.25, 0.3) is 10.9 Å². The molecule has 6 heteroatoms. The Morgan fingerprint density at radius 2 is 1.92 bits per heavy atom. The number of fused-ring (bicyclic) bond motifs is 2. The standard InChI is InChI=1S/C19H22N2O4/c1-19(2,3)25-18(23)21-10-9-15-13(11-21)16(17(22)24-4)12-7-5-6-8-14(12)20-15/h5-8H,9-11H2,1-4H3. The Bertz CT molecular complexity index is 839. The van der Waals surface area contributed by atoms with Crippen molar-refractivity contribution in [2.75, 3.05) is 13.7 Å². The molecule has 0 spiro atoms. The van der Waals surface area contributed by atoms with E-state index in [9.17, 15) is 9.59 Å². The van der Waals surface area contributed by atoms with E-state index in [-0.39, 0.29) is 12.6 Å². The largest absolute Gasteiger partial charge is 0.465 e. The topological polar surface area (TPSA) is 68.7 Å². The SMILES string of the molecule is COC(=O)c1c2c(nc3ccccc13)CCN(C(=O)OC(C)(C)C)C2. The predicted molar refractivity (Wildman–Crippen MR) is 93.4 cm³/mol. The van der Waals surface area contributed by atoms with Gasteiger partial charge in [-0.15, -0.1) is 0 Å². The van der Waals surface area contributed by atoms with Gasteiger partial charge in [0, 0.05) is 29.6 Å². The third-order valence-electron chi connectivity index (χ3n) is 4.09. The third-order valence-corrected chi connectivity index (χ3v) is 4.09. The second kappa shape index (κ2) is 6.35. The van der Waals surface area contributed by atoms with Crippen molar-refractivity contribution in [2.24, 2.45) is 0 Å². The van der Waals surface area contributed by atoms with Crippen LogP contribution in [-0.2, 0) is 22.4 Å². The minimum absolute atomic E-state index is 0.284. The molecule has 0 radical (unpaired) electrons. The van der Waals surface area contributed by atoms with Gasteiger partial charge in [-0.25, -0.2) is 9.59 Å². The Kier molecular flexibility index (Phi) is 4.37. The lowest BCUT2D eigenvalue weighted by atomic mass is 9.96. The van der Waals surface area contributed by atoms with Crippen molar-refractivity contribution in [1.29, 1.82) is 0 Å². The van der Waals surface area contributed by atoms with E-state index in [1.165, 1.54) is 7.11 Å². The van der Waals surface area contributed by atoms with Gasteiger partial charge >= 0.3 is 12.1 Å². The number of esters is 1. The number of para-hydroxylation sites is 1. The second-order valence-corrected chi connectivity index (χ2v) is 7.07. The number of rotatable bonds is 1. The number of hydrogen-bond acceptors (Lipinski definition) is 5. The van der Waals surface area contributed by atoms with E-state index in [2.05, 4.69) is 4.98 Å². The van der Waals surface area contributed by atoms with Gasteiger partial charge in [-0.1, -0.05) is 18.2 Å². The molecular weight excluding hydrogens is 320 g/mol. The number of carbonyl (C=O) groups excluding carboxylic acids is 2. The van der Waals surface area contributed by atoms with Crippen LogP contribution in [0.2, 0.25) is 0 Å². The molecule has 0 N–H and O–H groups in total. The molecule has 1 aliphatic heterocycles. The molecule has 0 atom stereocenters. The van der Waals surface area contributed by atoms with Gasteiger partial charge in [0.05, 0.1) is 24.7 Å². The molecule has 0 saturated heterocycles. The summed E-state index contributed by atoms with van der Waals surface area (Å²) in [6.07, 6.45) is 0.186. The zero-order valence-electron chi connectivity index (χ0n) is 15.0. The number of methoxy groups -OCH3 is 1. The van der Waals surface area contributed by atoms with E-state index in [1.54, 1.807) is 4.90 Å². The Balaban J connectivity index is 2.04. The highest BCUT2D eigenvalue weighted by atomic mass is 16.6. The average Bonchev–Trinajstić information content (AvgIpc) is 2.57. The van der Waals surface area contributed by atoms with Crippen molar-refractivity contribution in [2.45, 2.75) is 39.3 Å². The molecule has 6 nitrogen and oxygen atoms in total. The van der Waals surface area contributed by atoms with Crippen LogP contribution in [0.3, 0.4) is 0 Å². The van der Waals surface area contributed by atoms with Crippen LogP contribution >= 0.6 is 0 Å². The lowest BCUT2D eigenvalue weighted by molar-refractivity contribution is 0.0220. The van der Waals surface area contributed by atoms with Crippen molar-refractivity contribution >= 4 is 23.0 Å². The normalized spacial score (nSPS) is 14.2. The lowest BCUT2D eigenvalue weighted by Crippen LogP contribution is -2.40. The van der Waals surface area contributed by atoms with Crippen LogP contribution in [0.5, 0.6) is 0 Å². The monoisotopic (exact) mass is 342 g/mol. The van der Waals surface area contributed by atoms with Gasteiger partial charge in [-0.2, -0.15) is 0 Å². The van der Waals surface area contributed by atoms with Crippen molar-refractivity contribution in [3.63, 3.8) is 0 Å². The van der Waals surface area contributed by atoms with Crippen LogP contribution < -0.4 is 0 Å². The molecule has 0 fully saturated rings. The van der Waals surface area contributed by atoms with Gasteiger partial charge in [-0.05, 0) is 26.8 Å². The van der Waals surface area contributed by atoms with E-state index in [1.807, 2.05) is 45.0 Å². The maximum Gasteiger partial charge on any atom is 0.410 e. The summed E-state index contributed by atoms with van der Waals surface area (Å²) < 4.78 is 10.4. The quantitative estimate of drug-likeness (QED) is 0.744. The van der Waals surface area contributed by atoms with Gasteiger partial charge in [0.15, 0.2) is 0 Å². The maximum absolute atomic E-state index is 12.4. The number of hydrogen-bond donors (Lipinski definition) is 0. The number of ether oxygens (including phenoxy) is 2. The molecule has 0 aliphatic carbocycles. The van der Waals surface area contributed by atoms with Gasteiger partial charge in [0.1, 0.15) is 5.60 Å². The molecule has 0 bridgehead atoms. The van der Waals surface area contributed by atoms with Crippen molar-refractivity contribution in [1.82, 2.24) is 9.88 Å². The number of pyridine rings is 1. The zero-order valence-corrected chi connectivity index (χ0v) is 15.0. The van der Waals surface area contributed by atoms with Gasteiger partial charge in [0.25, 0.3) is 0 Å². The number of carbonyl (C=O) groups is 2. The summed E-state index contributed by atoms with van der Waals surface area (Å²) >= 11 is 0. The highest BCUT2D eigenvalue weighted by Gasteiger charge is 2.30.